The van der Waals surface area contributed by atoms with Gasteiger partial charge in [0.1, 0.15) is 0 Å². The minimum Gasteiger partial charge on any atom is -0.391 e. The van der Waals surface area contributed by atoms with Gasteiger partial charge in [-0.1, -0.05) is 25.7 Å². The molecule has 2 atom stereocenters. The van der Waals surface area contributed by atoms with Crippen molar-refractivity contribution >= 4 is 5.91 Å². The van der Waals surface area contributed by atoms with E-state index in [0.29, 0.717) is 6.54 Å². The summed E-state index contributed by atoms with van der Waals surface area (Å²) in [4.78, 5) is 16.6. The Morgan fingerprint density at radius 2 is 1.70 bits per heavy atom. The molecule has 2 saturated carbocycles. The third-order valence-electron chi connectivity index (χ3n) is 5.46. The molecular formula is C16H28N2O2. The molecule has 0 aromatic rings. The van der Waals surface area contributed by atoms with E-state index in [1.54, 1.807) is 0 Å². The Morgan fingerprint density at radius 1 is 1.00 bits per heavy atom. The summed E-state index contributed by atoms with van der Waals surface area (Å²) in [7, 11) is 0. The first-order valence-corrected chi connectivity index (χ1v) is 8.44. The van der Waals surface area contributed by atoms with Crippen LogP contribution in [0.4, 0.5) is 0 Å². The number of piperazine rings is 1. The number of carbonyl (C=O) groups is 1. The monoisotopic (exact) mass is 280 g/mol. The summed E-state index contributed by atoms with van der Waals surface area (Å²) in [6.07, 6.45) is 9.34. The zero-order valence-electron chi connectivity index (χ0n) is 12.5. The summed E-state index contributed by atoms with van der Waals surface area (Å²) in [5.74, 6) is 1.02. The number of nitrogens with zero attached hydrogens (tertiary/aromatic N) is 2. The second-order valence-corrected chi connectivity index (χ2v) is 6.88. The van der Waals surface area contributed by atoms with Crippen LogP contribution in [0.15, 0.2) is 0 Å². The molecule has 0 aromatic heterocycles. The summed E-state index contributed by atoms with van der Waals surface area (Å²) < 4.78 is 0. The van der Waals surface area contributed by atoms with Crippen LogP contribution in [0.2, 0.25) is 0 Å². The molecule has 2 aliphatic carbocycles. The smallest absolute Gasteiger partial charge is 0.236 e. The highest BCUT2D eigenvalue weighted by atomic mass is 16.3. The van der Waals surface area contributed by atoms with Crippen LogP contribution in [-0.4, -0.2) is 59.1 Å². The van der Waals surface area contributed by atoms with E-state index in [4.69, 9.17) is 0 Å². The minimum absolute atomic E-state index is 0.223. The Kier molecular flexibility index (Phi) is 4.61. The summed E-state index contributed by atoms with van der Waals surface area (Å²) in [6.45, 7) is 3.30. The molecule has 0 aromatic carbocycles. The zero-order chi connectivity index (χ0) is 13.9. The maximum Gasteiger partial charge on any atom is 0.236 e. The molecule has 1 saturated heterocycles. The summed E-state index contributed by atoms with van der Waals surface area (Å²) in [5, 5.41) is 10.1. The van der Waals surface area contributed by atoms with Crippen LogP contribution in [0.3, 0.4) is 0 Å². The molecule has 3 fully saturated rings. The molecule has 114 valence electrons. The maximum atomic E-state index is 12.3. The Hall–Kier alpha value is -0.610. The third kappa shape index (κ3) is 3.17. The van der Waals surface area contributed by atoms with Gasteiger partial charge in [0, 0.05) is 25.7 Å². The van der Waals surface area contributed by atoms with E-state index in [-0.39, 0.29) is 18.1 Å². The van der Waals surface area contributed by atoms with E-state index in [9.17, 15) is 9.90 Å². The molecule has 4 nitrogen and oxygen atoms in total. The lowest BCUT2D eigenvalue weighted by molar-refractivity contribution is -0.139. The number of aliphatic hydroxyl groups excluding tert-OH is 1. The topological polar surface area (TPSA) is 43.8 Å². The summed E-state index contributed by atoms with van der Waals surface area (Å²) >= 11 is 0. The van der Waals surface area contributed by atoms with Gasteiger partial charge < -0.3 is 10.0 Å². The summed E-state index contributed by atoms with van der Waals surface area (Å²) in [5.41, 5.74) is 0. The highest BCUT2D eigenvalue weighted by molar-refractivity contribution is 5.79. The minimum atomic E-state index is -0.224. The average molecular weight is 280 g/mol. The van der Waals surface area contributed by atoms with Gasteiger partial charge in [-0.2, -0.15) is 0 Å². The molecular weight excluding hydrogens is 252 g/mol. The van der Waals surface area contributed by atoms with Gasteiger partial charge in [-0.25, -0.2) is 0 Å². The van der Waals surface area contributed by atoms with E-state index in [2.05, 4.69) is 9.80 Å². The average Bonchev–Trinajstić information content (AvgIpc) is 2.95. The normalized spacial score (nSPS) is 33.9. The Balaban J connectivity index is 1.52. The highest BCUT2D eigenvalue weighted by Crippen LogP contribution is 2.27. The molecule has 1 N–H and O–H groups in total. The Morgan fingerprint density at radius 3 is 2.40 bits per heavy atom. The lowest BCUT2D eigenvalue weighted by Gasteiger charge is -2.42. The lowest BCUT2D eigenvalue weighted by Crippen LogP contribution is -2.57. The van der Waals surface area contributed by atoms with E-state index in [0.717, 1.165) is 44.8 Å². The van der Waals surface area contributed by atoms with Crippen LogP contribution < -0.4 is 0 Å². The molecule has 20 heavy (non-hydrogen) atoms. The van der Waals surface area contributed by atoms with Crippen molar-refractivity contribution in [3.8, 4) is 0 Å². The predicted octanol–water partition coefficient (Wildman–Crippen LogP) is 1.62. The van der Waals surface area contributed by atoms with Crippen molar-refractivity contribution in [1.29, 1.82) is 0 Å². The summed E-state index contributed by atoms with van der Waals surface area (Å²) in [6, 6.07) is 0.223. The van der Waals surface area contributed by atoms with Crippen LogP contribution in [0.1, 0.15) is 51.4 Å². The van der Waals surface area contributed by atoms with Crippen LogP contribution >= 0.6 is 0 Å². The molecule has 3 rings (SSSR count). The quantitative estimate of drug-likeness (QED) is 0.854. The number of amides is 1. The van der Waals surface area contributed by atoms with Crippen molar-refractivity contribution in [2.24, 2.45) is 5.92 Å². The van der Waals surface area contributed by atoms with Gasteiger partial charge in [-0.15, -0.1) is 0 Å². The van der Waals surface area contributed by atoms with Crippen LogP contribution in [0, 0.1) is 5.92 Å². The second-order valence-electron chi connectivity index (χ2n) is 6.88. The first kappa shape index (κ1) is 14.3. The van der Waals surface area contributed by atoms with E-state index in [1.807, 2.05) is 0 Å². The molecule has 0 radical (unpaired) electrons. The van der Waals surface area contributed by atoms with Gasteiger partial charge in [0.05, 0.1) is 12.6 Å². The molecule has 2 unspecified atom stereocenters. The highest BCUT2D eigenvalue weighted by Gasteiger charge is 2.34. The van der Waals surface area contributed by atoms with Gasteiger partial charge in [0.2, 0.25) is 5.91 Å². The Bertz CT molecular complexity index is 341. The molecule has 0 spiro atoms. The van der Waals surface area contributed by atoms with Crippen LogP contribution in [0.25, 0.3) is 0 Å². The van der Waals surface area contributed by atoms with Crippen molar-refractivity contribution in [2.75, 3.05) is 26.2 Å². The molecule has 0 bridgehead atoms. The molecule has 1 heterocycles. The fraction of sp³-hybridized carbons (Fsp3) is 0.938. The first-order valence-electron chi connectivity index (χ1n) is 8.44. The van der Waals surface area contributed by atoms with E-state index >= 15 is 0 Å². The van der Waals surface area contributed by atoms with Crippen molar-refractivity contribution < 1.29 is 9.90 Å². The number of rotatable bonds is 3. The van der Waals surface area contributed by atoms with Gasteiger partial charge in [-0.3, -0.25) is 9.69 Å². The van der Waals surface area contributed by atoms with Crippen molar-refractivity contribution in [1.82, 2.24) is 9.80 Å². The largest absolute Gasteiger partial charge is 0.391 e. The molecule has 1 amide bonds. The molecule has 1 aliphatic heterocycles. The van der Waals surface area contributed by atoms with Gasteiger partial charge in [0.25, 0.3) is 0 Å². The lowest BCUT2D eigenvalue weighted by atomic mass is 9.91. The number of hydrogen-bond donors (Lipinski definition) is 1. The van der Waals surface area contributed by atoms with E-state index < -0.39 is 0 Å². The standard InChI is InChI=1S/C16H28N2O2/c19-15-8-4-3-7-14(15)17-9-10-18(16(20)12-17)11-13-5-1-2-6-13/h13-15,19H,1-12H2. The van der Waals surface area contributed by atoms with Gasteiger partial charge in [0.15, 0.2) is 0 Å². The fourth-order valence-electron chi connectivity index (χ4n) is 4.23. The SMILES string of the molecule is O=C1CN(C2CCCCC2O)CCN1CC1CCCC1. The zero-order valence-corrected chi connectivity index (χ0v) is 12.5. The van der Waals surface area contributed by atoms with Gasteiger partial charge >= 0.3 is 0 Å². The van der Waals surface area contributed by atoms with Crippen molar-refractivity contribution in [3.63, 3.8) is 0 Å². The first-order chi connectivity index (χ1) is 9.74. The molecule has 3 aliphatic rings. The van der Waals surface area contributed by atoms with Gasteiger partial charge in [-0.05, 0) is 31.6 Å². The van der Waals surface area contributed by atoms with Crippen LogP contribution in [0.5, 0.6) is 0 Å². The van der Waals surface area contributed by atoms with Crippen molar-refractivity contribution in [3.05, 3.63) is 0 Å². The fourth-order valence-corrected chi connectivity index (χ4v) is 4.23. The number of hydrogen-bond acceptors (Lipinski definition) is 3. The maximum absolute atomic E-state index is 12.3. The second kappa shape index (κ2) is 6.44. The van der Waals surface area contributed by atoms with Crippen molar-refractivity contribution in [2.45, 2.75) is 63.5 Å². The Labute approximate surface area is 122 Å². The predicted molar refractivity (Wildman–Crippen MR) is 78.4 cm³/mol. The van der Waals surface area contributed by atoms with E-state index in [1.165, 1.54) is 32.1 Å². The third-order valence-corrected chi connectivity index (χ3v) is 5.46. The number of carbonyl (C=O) groups excluding carboxylic acids is 1. The van der Waals surface area contributed by atoms with Crippen LogP contribution in [-0.2, 0) is 4.79 Å². The molecule has 4 heteroatoms. The number of aliphatic hydroxyl groups is 1.